The van der Waals surface area contributed by atoms with E-state index in [1.54, 1.807) is 0 Å². The van der Waals surface area contributed by atoms with E-state index in [1.807, 2.05) is 18.7 Å². The van der Waals surface area contributed by atoms with Gasteiger partial charge in [0.2, 0.25) is 0 Å². The predicted molar refractivity (Wildman–Crippen MR) is 82.8 cm³/mol. The van der Waals surface area contributed by atoms with Gasteiger partial charge >= 0.3 is 0 Å². The van der Waals surface area contributed by atoms with Gasteiger partial charge in [-0.15, -0.1) is 0 Å². The minimum Gasteiger partial charge on any atom is -0.313 e. The average molecular weight is 286 g/mol. The zero-order valence-electron chi connectivity index (χ0n) is 13.2. The molecular weight excluding hydrogens is 258 g/mol. The van der Waals surface area contributed by atoms with Crippen LogP contribution in [0.1, 0.15) is 51.9 Å². The summed E-state index contributed by atoms with van der Waals surface area (Å²) in [5.41, 5.74) is 2.30. The summed E-state index contributed by atoms with van der Waals surface area (Å²) in [5, 5.41) is 8.90. The van der Waals surface area contributed by atoms with Gasteiger partial charge in [0.25, 0.3) is 0 Å². The topological polar surface area (TPSA) is 29.9 Å². The van der Waals surface area contributed by atoms with Crippen LogP contribution in [-0.4, -0.2) is 22.4 Å². The number of nitrogens with one attached hydrogen (secondary N) is 1. The first-order valence-corrected chi connectivity index (χ1v) is 7.62. The molecule has 4 heteroatoms. The first-order valence-electron chi connectivity index (χ1n) is 7.24. The number of hydrogen-bond acceptors (Lipinski definition) is 2. The lowest BCUT2D eigenvalue weighted by Gasteiger charge is -2.34. The molecule has 0 amide bonds. The fourth-order valence-corrected chi connectivity index (χ4v) is 2.52. The number of rotatable bonds is 7. The molecule has 0 saturated heterocycles. The molecule has 0 bridgehead atoms. The Morgan fingerprint density at radius 2 is 2.00 bits per heavy atom. The molecule has 0 spiro atoms. The van der Waals surface area contributed by atoms with Gasteiger partial charge in [0.05, 0.1) is 16.4 Å². The Bertz CT molecular complexity index is 410. The fraction of sp³-hybridized carbons (Fsp3) is 0.800. The third-order valence-electron chi connectivity index (χ3n) is 4.15. The van der Waals surface area contributed by atoms with Crippen molar-refractivity contribution in [3.63, 3.8) is 0 Å². The number of aromatic nitrogens is 2. The Morgan fingerprint density at radius 1 is 1.37 bits per heavy atom. The van der Waals surface area contributed by atoms with Gasteiger partial charge in [-0.1, -0.05) is 39.3 Å². The van der Waals surface area contributed by atoms with E-state index >= 15 is 0 Å². The van der Waals surface area contributed by atoms with E-state index in [9.17, 15) is 0 Å². The van der Waals surface area contributed by atoms with E-state index in [4.69, 9.17) is 11.6 Å². The Morgan fingerprint density at radius 3 is 2.42 bits per heavy atom. The van der Waals surface area contributed by atoms with Crippen molar-refractivity contribution >= 4 is 11.6 Å². The highest BCUT2D eigenvalue weighted by molar-refractivity contribution is 6.31. The molecule has 1 aromatic rings. The van der Waals surface area contributed by atoms with E-state index in [2.05, 4.69) is 38.1 Å². The molecule has 0 aliphatic rings. The number of nitrogens with zero attached hydrogens (tertiary/aromatic N) is 2. The molecular formula is C15H28ClN3. The SMILES string of the molecule is CCCNC(Cc1c(Cl)c(C)nn1C)C(C)(C)CC. The second kappa shape index (κ2) is 6.76. The van der Waals surface area contributed by atoms with Crippen molar-refractivity contribution in [2.45, 2.75) is 59.9 Å². The highest BCUT2D eigenvalue weighted by Gasteiger charge is 2.29. The Labute approximate surface area is 122 Å². The largest absolute Gasteiger partial charge is 0.313 e. The second-order valence-electron chi connectivity index (χ2n) is 6.02. The minimum absolute atomic E-state index is 0.247. The van der Waals surface area contributed by atoms with Crippen molar-refractivity contribution < 1.29 is 0 Å². The van der Waals surface area contributed by atoms with Crippen molar-refractivity contribution in [3.8, 4) is 0 Å². The van der Waals surface area contributed by atoms with E-state index in [0.717, 1.165) is 42.2 Å². The summed E-state index contributed by atoms with van der Waals surface area (Å²) >= 11 is 6.37. The molecule has 0 saturated carbocycles. The Hall–Kier alpha value is -0.540. The summed E-state index contributed by atoms with van der Waals surface area (Å²) in [5.74, 6) is 0. The van der Waals surface area contributed by atoms with Gasteiger partial charge in [-0.25, -0.2) is 0 Å². The zero-order chi connectivity index (χ0) is 14.6. The zero-order valence-corrected chi connectivity index (χ0v) is 13.9. The molecule has 1 aromatic heterocycles. The quantitative estimate of drug-likeness (QED) is 0.827. The molecule has 0 aliphatic carbocycles. The van der Waals surface area contributed by atoms with Gasteiger partial charge in [-0.05, 0) is 31.7 Å². The molecule has 110 valence electrons. The van der Waals surface area contributed by atoms with E-state index in [1.165, 1.54) is 0 Å². The first-order chi connectivity index (χ1) is 8.83. The van der Waals surface area contributed by atoms with Crippen molar-refractivity contribution in [1.29, 1.82) is 0 Å². The highest BCUT2D eigenvalue weighted by atomic mass is 35.5. The van der Waals surface area contributed by atoms with Crippen LogP contribution in [0.5, 0.6) is 0 Å². The monoisotopic (exact) mass is 285 g/mol. The van der Waals surface area contributed by atoms with Crippen LogP contribution in [0.3, 0.4) is 0 Å². The molecule has 1 N–H and O–H groups in total. The first kappa shape index (κ1) is 16.5. The lowest BCUT2D eigenvalue weighted by atomic mass is 9.79. The van der Waals surface area contributed by atoms with Gasteiger partial charge in [0, 0.05) is 19.5 Å². The summed E-state index contributed by atoms with van der Waals surface area (Å²) in [6, 6.07) is 0.421. The van der Waals surface area contributed by atoms with Gasteiger partial charge < -0.3 is 5.32 Å². The van der Waals surface area contributed by atoms with Gasteiger partial charge in [-0.2, -0.15) is 5.10 Å². The van der Waals surface area contributed by atoms with Crippen molar-refractivity contribution in [2.24, 2.45) is 12.5 Å². The summed E-state index contributed by atoms with van der Waals surface area (Å²) in [4.78, 5) is 0. The molecule has 1 rings (SSSR count). The highest BCUT2D eigenvalue weighted by Crippen LogP contribution is 2.30. The number of aryl methyl sites for hydroxylation is 2. The Kier molecular flexibility index (Phi) is 5.87. The molecule has 19 heavy (non-hydrogen) atoms. The Balaban J connectivity index is 2.94. The number of halogens is 1. The third kappa shape index (κ3) is 3.96. The minimum atomic E-state index is 0.247. The van der Waals surface area contributed by atoms with Crippen LogP contribution in [0.4, 0.5) is 0 Å². The maximum Gasteiger partial charge on any atom is 0.0847 e. The molecule has 0 aliphatic heterocycles. The molecule has 3 nitrogen and oxygen atoms in total. The molecule has 0 fully saturated rings. The summed E-state index contributed by atoms with van der Waals surface area (Å²) in [6.45, 7) is 12.1. The van der Waals surface area contributed by atoms with Crippen LogP contribution in [0.15, 0.2) is 0 Å². The molecule has 1 heterocycles. The summed E-state index contributed by atoms with van der Waals surface area (Å²) in [6.07, 6.45) is 3.22. The van der Waals surface area contributed by atoms with Gasteiger partial charge in [0.1, 0.15) is 0 Å². The standard InChI is InChI=1S/C15H28ClN3/c1-7-9-17-13(15(4,5)8-2)10-12-14(16)11(3)18-19(12)6/h13,17H,7-10H2,1-6H3. The molecule has 1 unspecified atom stereocenters. The van der Waals surface area contributed by atoms with E-state index in [0.29, 0.717) is 6.04 Å². The lowest BCUT2D eigenvalue weighted by molar-refractivity contribution is 0.227. The van der Waals surface area contributed by atoms with Crippen molar-refractivity contribution in [1.82, 2.24) is 15.1 Å². The van der Waals surface area contributed by atoms with Crippen molar-refractivity contribution in [2.75, 3.05) is 6.54 Å². The van der Waals surface area contributed by atoms with E-state index in [-0.39, 0.29) is 5.41 Å². The molecule has 1 atom stereocenters. The van der Waals surface area contributed by atoms with Gasteiger partial charge in [0.15, 0.2) is 0 Å². The maximum absolute atomic E-state index is 6.37. The molecule has 0 aromatic carbocycles. The lowest BCUT2D eigenvalue weighted by Crippen LogP contribution is -2.44. The van der Waals surface area contributed by atoms with Crippen LogP contribution in [0.25, 0.3) is 0 Å². The average Bonchev–Trinajstić information content (AvgIpc) is 2.60. The molecule has 0 radical (unpaired) electrons. The van der Waals surface area contributed by atoms with Crippen LogP contribution >= 0.6 is 11.6 Å². The van der Waals surface area contributed by atoms with Crippen molar-refractivity contribution in [3.05, 3.63) is 16.4 Å². The maximum atomic E-state index is 6.37. The van der Waals surface area contributed by atoms with Crippen LogP contribution in [0.2, 0.25) is 5.02 Å². The van der Waals surface area contributed by atoms with Crippen LogP contribution < -0.4 is 5.32 Å². The predicted octanol–water partition coefficient (Wildman–Crippen LogP) is 3.73. The van der Waals surface area contributed by atoms with E-state index < -0.39 is 0 Å². The van der Waals surface area contributed by atoms with Crippen LogP contribution in [0, 0.1) is 12.3 Å². The van der Waals surface area contributed by atoms with Gasteiger partial charge in [-0.3, -0.25) is 4.68 Å². The smallest absolute Gasteiger partial charge is 0.0847 e. The summed E-state index contributed by atoms with van der Waals surface area (Å²) in [7, 11) is 1.98. The second-order valence-corrected chi connectivity index (χ2v) is 6.40. The van der Waals surface area contributed by atoms with Crippen LogP contribution in [-0.2, 0) is 13.5 Å². The fourth-order valence-electron chi connectivity index (χ4n) is 2.28. The number of hydrogen-bond donors (Lipinski definition) is 1. The summed E-state index contributed by atoms with van der Waals surface area (Å²) < 4.78 is 1.92. The normalized spacial score (nSPS) is 13.8. The third-order valence-corrected chi connectivity index (χ3v) is 4.65.